The minimum absolute atomic E-state index is 0.00635. The quantitative estimate of drug-likeness (QED) is 0.575. The van der Waals surface area contributed by atoms with Crippen LogP contribution in [0.2, 0.25) is 0 Å². The Bertz CT molecular complexity index is 838. The van der Waals surface area contributed by atoms with Gasteiger partial charge in [0.05, 0.1) is 43.8 Å². The van der Waals surface area contributed by atoms with Gasteiger partial charge in [-0.1, -0.05) is 12.1 Å². The topological polar surface area (TPSA) is 94.7 Å². The van der Waals surface area contributed by atoms with Gasteiger partial charge in [0, 0.05) is 0 Å². The number of aromatic nitrogens is 1. The van der Waals surface area contributed by atoms with Crippen LogP contribution in [0.1, 0.15) is 45.8 Å². The number of nitrogens with one attached hydrogen (secondary N) is 1. The van der Waals surface area contributed by atoms with Gasteiger partial charge in [0.25, 0.3) is 5.56 Å². The highest BCUT2D eigenvalue weighted by atomic mass is 16.5. The lowest BCUT2D eigenvalue weighted by atomic mass is 10.1. The van der Waals surface area contributed by atoms with Gasteiger partial charge >= 0.3 is 5.97 Å². The Labute approximate surface area is 150 Å². The molecule has 26 heavy (non-hydrogen) atoms. The molecule has 0 fully saturated rings. The summed E-state index contributed by atoms with van der Waals surface area (Å²) in [7, 11) is 1.59. The average Bonchev–Trinajstić information content (AvgIpc) is 2.62. The standard InChI is InChI=1S/C19H21NO6/c1-4-26-19(23)16-9-15(12(2)21)18(22)20-17(16)11-25-10-13-5-7-14(24-3)8-6-13/h5-9H,4,10-11H2,1-3H3,(H,20,22). The number of carbonyl (C=O) groups is 2. The van der Waals surface area contributed by atoms with E-state index in [0.717, 1.165) is 11.3 Å². The molecule has 0 saturated carbocycles. The Morgan fingerprint density at radius 3 is 2.35 bits per heavy atom. The minimum atomic E-state index is -0.616. The molecule has 0 aliphatic carbocycles. The molecule has 1 N–H and O–H groups in total. The Morgan fingerprint density at radius 2 is 1.77 bits per heavy atom. The molecule has 2 rings (SSSR count). The van der Waals surface area contributed by atoms with Crippen molar-refractivity contribution >= 4 is 11.8 Å². The predicted molar refractivity (Wildman–Crippen MR) is 94.5 cm³/mol. The number of hydrogen-bond acceptors (Lipinski definition) is 6. The third-order valence-electron chi connectivity index (χ3n) is 3.67. The lowest BCUT2D eigenvalue weighted by Gasteiger charge is -2.11. The molecule has 0 spiro atoms. The fourth-order valence-corrected chi connectivity index (χ4v) is 2.33. The normalized spacial score (nSPS) is 10.4. The summed E-state index contributed by atoms with van der Waals surface area (Å²) in [6.07, 6.45) is 0. The lowest BCUT2D eigenvalue weighted by Crippen LogP contribution is -2.22. The molecule has 0 radical (unpaired) electrons. The molecule has 2 aromatic rings. The maximum Gasteiger partial charge on any atom is 0.340 e. The van der Waals surface area contributed by atoms with Gasteiger partial charge in [-0.2, -0.15) is 0 Å². The summed E-state index contributed by atoms with van der Waals surface area (Å²) in [6, 6.07) is 8.59. The second-order valence-corrected chi connectivity index (χ2v) is 5.52. The van der Waals surface area contributed by atoms with E-state index in [4.69, 9.17) is 14.2 Å². The van der Waals surface area contributed by atoms with Gasteiger partial charge in [0.15, 0.2) is 5.78 Å². The van der Waals surface area contributed by atoms with Crippen molar-refractivity contribution in [2.24, 2.45) is 0 Å². The van der Waals surface area contributed by atoms with Crippen LogP contribution in [-0.2, 0) is 22.7 Å². The van der Waals surface area contributed by atoms with Crippen molar-refractivity contribution in [2.75, 3.05) is 13.7 Å². The second-order valence-electron chi connectivity index (χ2n) is 5.52. The summed E-state index contributed by atoms with van der Waals surface area (Å²) >= 11 is 0. The van der Waals surface area contributed by atoms with Crippen LogP contribution in [-0.4, -0.2) is 30.5 Å². The number of rotatable bonds is 8. The molecule has 138 valence electrons. The first-order chi connectivity index (χ1) is 12.5. The number of ketones is 1. The molecule has 0 amide bonds. The number of aromatic amines is 1. The molecule has 0 aliphatic rings. The highest BCUT2D eigenvalue weighted by molar-refractivity contribution is 5.97. The van der Waals surface area contributed by atoms with Crippen molar-refractivity contribution in [3.63, 3.8) is 0 Å². The van der Waals surface area contributed by atoms with Gasteiger partial charge in [0.2, 0.25) is 0 Å². The minimum Gasteiger partial charge on any atom is -0.497 e. The van der Waals surface area contributed by atoms with E-state index in [1.54, 1.807) is 14.0 Å². The Kier molecular flexibility index (Phi) is 6.68. The molecule has 0 atom stereocenters. The SMILES string of the molecule is CCOC(=O)c1cc(C(C)=O)c(=O)[nH]c1COCc1ccc(OC)cc1. The summed E-state index contributed by atoms with van der Waals surface area (Å²) in [4.78, 5) is 38.2. The number of carbonyl (C=O) groups excluding carboxylic acids is 2. The highest BCUT2D eigenvalue weighted by Crippen LogP contribution is 2.14. The first-order valence-electron chi connectivity index (χ1n) is 8.11. The van der Waals surface area contributed by atoms with Crippen LogP contribution in [0.5, 0.6) is 5.75 Å². The van der Waals surface area contributed by atoms with Crippen molar-refractivity contribution in [3.8, 4) is 5.75 Å². The van der Waals surface area contributed by atoms with Gasteiger partial charge in [-0.15, -0.1) is 0 Å². The first kappa shape index (κ1) is 19.4. The van der Waals surface area contributed by atoms with Crippen LogP contribution in [0.3, 0.4) is 0 Å². The van der Waals surface area contributed by atoms with Gasteiger partial charge in [-0.3, -0.25) is 9.59 Å². The van der Waals surface area contributed by atoms with Crippen molar-refractivity contribution in [2.45, 2.75) is 27.1 Å². The largest absolute Gasteiger partial charge is 0.497 e. The van der Waals surface area contributed by atoms with E-state index in [1.165, 1.54) is 13.0 Å². The molecule has 1 aromatic heterocycles. The molecule has 1 heterocycles. The van der Waals surface area contributed by atoms with E-state index in [9.17, 15) is 14.4 Å². The van der Waals surface area contributed by atoms with Crippen molar-refractivity contribution in [1.29, 1.82) is 0 Å². The summed E-state index contributed by atoms with van der Waals surface area (Å²) in [5, 5.41) is 0. The van der Waals surface area contributed by atoms with Crippen LogP contribution in [0.25, 0.3) is 0 Å². The summed E-state index contributed by atoms with van der Waals surface area (Å²) in [5.41, 5.74) is 0.644. The molecule has 7 heteroatoms. The average molecular weight is 359 g/mol. The maximum absolute atomic E-state index is 12.1. The van der Waals surface area contributed by atoms with Crippen LogP contribution in [0.4, 0.5) is 0 Å². The number of ether oxygens (including phenoxy) is 3. The molecule has 1 aromatic carbocycles. The van der Waals surface area contributed by atoms with Crippen LogP contribution < -0.4 is 10.3 Å². The van der Waals surface area contributed by atoms with Crippen LogP contribution >= 0.6 is 0 Å². The van der Waals surface area contributed by atoms with E-state index < -0.39 is 17.3 Å². The van der Waals surface area contributed by atoms with Crippen molar-refractivity contribution in [1.82, 2.24) is 4.98 Å². The number of methoxy groups -OCH3 is 1. The first-order valence-corrected chi connectivity index (χ1v) is 8.11. The Morgan fingerprint density at radius 1 is 1.08 bits per heavy atom. The zero-order valence-electron chi connectivity index (χ0n) is 15.0. The van der Waals surface area contributed by atoms with Crippen LogP contribution in [0.15, 0.2) is 35.1 Å². The van der Waals surface area contributed by atoms with E-state index >= 15 is 0 Å². The number of benzene rings is 1. The monoisotopic (exact) mass is 359 g/mol. The Balaban J connectivity index is 2.18. The predicted octanol–water partition coefficient (Wildman–Crippen LogP) is 2.48. The third-order valence-corrected chi connectivity index (χ3v) is 3.67. The fraction of sp³-hybridized carbons (Fsp3) is 0.316. The molecule has 0 aliphatic heterocycles. The molecule has 7 nitrogen and oxygen atoms in total. The highest BCUT2D eigenvalue weighted by Gasteiger charge is 2.18. The number of H-pyrrole nitrogens is 1. The number of esters is 1. The maximum atomic E-state index is 12.1. The fourth-order valence-electron chi connectivity index (χ4n) is 2.33. The summed E-state index contributed by atoms with van der Waals surface area (Å²) < 4.78 is 15.7. The second kappa shape index (κ2) is 8.96. The van der Waals surface area contributed by atoms with Gasteiger partial charge < -0.3 is 19.2 Å². The van der Waals surface area contributed by atoms with E-state index in [-0.39, 0.29) is 36.6 Å². The van der Waals surface area contributed by atoms with Gasteiger partial charge in [-0.25, -0.2) is 4.79 Å². The molecule has 0 saturated heterocycles. The van der Waals surface area contributed by atoms with Crippen molar-refractivity contribution in [3.05, 3.63) is 63.1 Å². The number of hydrogen-bond donors (Lipinski definition) is 1. The number of pyridine rings is 1. The molecular formula is C19H21NO6. The van der Waals surface area contributed by atoms with E-state index in [1.807, 2.05) is 24.3 Å². The summed E-state index contributed by atoms with van der Waals surface area (Å²) in [5.74, 6) is -0.306. The van der Waals surface area contributed by atoms with Gasteiger partial charge in [-0.05, 0) is 37.6 Å². The summed E-state index contributed by atoms with van der Waals surface area (Å²) in [6.45, 7) is 3.39. The lowest BCUT2D eigenvalue weighted by molar-refractivity contribution is 0.0514. The zero-order chi connectivity index (χ0) is 19.1. The molecular weight excluding hydrogens is 338 g/mol. The zero-order valence-corrected chi connectivity index (χ0v) is 15.0. The van der Waals surface area contributed by atoms with Crippen LogP contribution in [0, 0.1) is 0 Å². The van der Waals surface area contributed by atoms with E-state index in [2.05, 4.69) is 4.98 Å². The molecule has 0 unspecified atom stereocenters. The third kappa shape index (κ3) is 4.80. The Hall–Kier alpha value is -2.93. The smallest absolute Gasteiger partial charge is 0.340 e. The van der Waals surface area contributed by atoms with E-state index in [0.29, 0.717) is 0 Å². The molecule has 0 bridgehead atoms. The van der Waals surface area contributed by atoms with Crippen molar-refractivity contribution < 1.29 is 23.8 Å². The number of Topliss-reactive ketones (excluding diaryl/α,β-unsaturated/α-hetero) is 1. The van der Waals surface area contributed by atoms with Gasteiger partial charge in [0.1, 0.15) is 5.75 Å².